The Morgan fingerprint density at radius 2 is 0.760 bits per heavy atom. The van der Waals surface area contributed by atoms with Crippen LogP contribution in [0.15, 0.2) is 0 Å². The Balaban J connectivity index is 0. The highest BCUT2D eigenvalue weighted by Crippen LogP contribution is 2.14. The van der Waals surface area contributed by atoms with E-state index in [1.165, 1.54) is 96.3 Å². The summed E-state index contributed by atoms with van der Waals surface area (Å²) in [6.07, 6.45) is 23.2. The van der Waals surface area contributed by atoms with Gasteiger partial charge in [0.2, 0.25) is 0 Å². The minimum absolute atomic E-state index is 0. The first-order chi connectivity index (χ1) is 11.6. The maximum Gasteiger partial charge on any atom is 0.264 e. The number of unbranched alkanes of at least 4 members (excludes halogenated alkanes) is 17. The second-order valence-corrected chi connectivity index (χ2v) is 8.87. The van der Waals surface area contributed by atoms with E-state index in [9.17, 15) is 8.42 Å². The van der Waals surface area contributed by atoms with Gasteiger partial charge in [-0.1, -0.05) is 116 Å². The van der Waals surface area contributed by atoms with Gasteiger partial charge in [0.25, 0.3) is 10.1 Å². The highest BCUT2D eigenvalue weighted by Gasteiger charge is 2.02. The van der Waals surface area contributed by atoms with Crippen molar-refractivity contribution in [3.63, 3.8) is 0 Å². The lowest BCUT2D eigenvalue weighted by molar-refractivity contribution is 0.478. The fraction of sp³-hybridized carbons (Fsp3) is 1.00. The summed E-state index contributed by atoms with van der Waals surface area (Å²) in [7, 11) is -3.75. The van der Waals surface area contributed by atoms with Crippen LogP contribution in [0.4, 0.5) is 0 Å². The molecule has 0 aliphatic heterocycles. The Hall–Kier alpha value is -0.130. The van der Waals surface area contributed by atoms with Crippen LogP contribution < -0.4 is 6.15 Å². The van der Waals surface area contributed by atoms with Crippen LogP contribution >= 0.6 is 0 Å². The molecule has 0 aromatic rings. The molecule has 0 unspecified atom stereocenters. The summed E-state index contributed by atoms with van der Waals surface area (Å²) in [6, 6.07) is 0. The third-order valence-electron chi connectivity index (χ3n) is 4.76. The van der Waals surface area contributed by atoms with Gasteiger partial charge in [-0.25, -0.2) is 0 Å². The van der Waals surface area contributed by atoms with Crippen LogP contribution in [0, 0.1) is 0 Å². The van der Waals surface area contributed by atoms with Crippen molar-refractivity contribution in [3.8, 4) is 0 Å². The zero-order valence-corrected chi connectivity index (χ0v) is 17.6. The van der Waals surface area contributed by atoms with E-state index >= 15 is 0 Å². The summed E-state index contributed by atoms with van der Waals surface area (Å²) in [4.78, 5) is 0. The molecule has 0 saturated heterocycles. The van der Waals surface area contributed by atoms with E-state index in [1.54, 1.807) is 0 Å². The Kier molecular flexibility index (Phi) is 21.9. The summed E-state index contributed by atoms with van der Waals surface area (Å²) in [5.74, 6) is -0.0776. The molecule has 5 heteroatoms. The third kappa shape index (κ3) is 26.2. The van der Waals surface area contributed by atoms with Crippen LogP contribution in [-0.4, -0.2) is 18.7 Å². The molecule has 0 saturated carbocycles. The SMILES string of the molecule is CCCCCCCCCCCCCCCCCCCCS(=O)(=O)O.N. The first kappa shape index (κ1) is 27.1. The van der Waals surface area contributed by atoms with Gasteiger partial charge in [0.15, 0.2) is 0 Å². The van der Waals surface area contributed by atoms with Gasteiger partial charge in [-0.15, -0.1) is 0 Å². The van der Waals surface area contributed by atoms with E-state index in [4.69, 9.17) is 4.55 Å². The molecule has 0 aromatic heterocycles. The zero-order chi connectivity index (χ0) is 17.9. The molecular weight excluding hydrogens is 334 g/mol. The van der Waals surface area contributed by atoms with Crippen molar-refractivity contribution in [1.82, 2.24) is 6.15 Å². The van der Waals surface area contributed by atoms with Crippen molar-refractivity contribution in [2.75, 3.05) is 5.75 Å². The molecule has 0 spiro atoms. The van der Waals surface area contributed by atoms with Crippen molar-refractivity contribution in [1.29, 1.82) is 0 Å². The van der Waals surface area contributed by atoms with Crippen LogP contribution in [0.5, 0.6) is 0 Å². The van der Waals surface area contributed by atoms with Gasteiger partial charge in [0, 0.05) is 0 Å². The van der Waals surface area contributed by atoms with Crippen molar-refractivity contribution < 1.29 is 13.0 Å². The predicted octanol–water partition coefficient (Wildman–Crippen LogP) is 7.08. The van der Waals surface area contributed by atoms with E-state index in [-0.39, 0.29) is 11.9 Å². The number of hydrogen-bond donors (Lipinski definition) is 2. The fourth-order valence-electron chi connectivity index (χ4n) is 3.19. The quantitative estimate of drug-likeness (QED) is 0.185. The Labute approximate surface area is 157 Å². The number of rotatable bonds is 19. The maximum absolute atomic E-state index is 10.6. The first-order valence-electron chi connectivity index (χ1n) is 10.5. The van der Waals surface area contributed by atoms with Crippen LogP contribution in [0.1, 0.15) is 122 Å². The topological polar surface area (TPSA) is 89.4 Å². The van der Waals surface area contributed by atoms with Crippen LogP contribution in [0.25, 0.3) is 0 Å². The lowest BCUT2D eigenvalue weighted by Crippen LogP contribution is -2.03. The Morgan fingerprint density at radius 1 is 0.520 bits per heavy atom. The monoisotopic (exact) mass is 379 g/mol. The van der Waals surface area contributed by atoms with E-state index in [0.717, 1.165) is 12.8 Å². The molecule has 4 N–H and O–H groups in total. The molecule has 0 aromatic carbocycles. The highest BCUT2D eigenvalue weighted by molar-refractivity contribution is 7.85. The van der Waals surface area contributed by atoms with Crippen LogP contribution in [-0.2, 0) is 10.1 Å². The zero-order valence-electron chi connectivity index (χ0n) is 16.8. The second kappa shape index (κ2) is 20.2. The van der Waals surface area contributed by atoms with Crippen molar-refractivity contribution >= 4 is 10.1 Å². The molecule has 0 bridgehead atoms. The average Bonchev–Trinajstić information content (AvgIpc) is 2.52. The van der Waals surface area contributed by atoms with E-state index < -0.39 is 10.1 Å². The molecule has 25 heavy (non-hydrogen) atoms. The molecule has 0 heterocycles. The van der Waals surface area contributed by atoms with Crippen molar-refractivity contribution in [2.45, 2.75) is 122 Å². The second-order valence-electron chi connectivity index (χ2n) is 7.30. The smallest absolute Gasteiger partial charge is 0.264 e. The standard InChI is InChI=1S/C20H42O3S.H3N/c1-2-3-4-5-6-7-8-9-10-11-12-13-14-15-16-17-18-19-20-24(21,22)23;/h2-20H2,1H3,(H,21,22,23);1H3. The summed E-state index contributed by atoms with van der Waals surface area (Å²) in [5, 5.41) is 0. The maximum atomic E-state index is 10.6. The summed E-state index contributed by atoms with van der Waals surface area (Å²) < 4.78 is 29.7. The summed E-state index contributed by atoms with van der Waals surface area (Å²) >= 11 is 0. The molecule has 0 radical (unpaired) electrons. The molecule has 0 aliphatic rings. The number of hydrogen-bond acceptors (Lipinski definition) is 3. The molecule has 4 nitrogen and oxygen atoms in total. The van der Waals surface area contributed by atoms with Gasteiger partial charge >= 0.3 is 0 Å². The van der Waals surface area contributed by atoms with Gasteiger partial charge in [-0.05, 0) is 6.42 Å². The average molecular weight is 380 g/mol. The lowest BCUT2D eigenvalue weighted by atomic mass is 10.0. The largest absolute Gasteiger partial charge is 0.344 e. The van der Waals surface area contributed by atoms with Gasteiger partial charge in [-0.3, -0.25) is 4.55 Å². The van der Waals surface area contributed by atoms with Crippen LogP contribution in [0.2, 0.25) is 0 Å². The summed E-state index contributed by atoms with van der Waals surface area (Å²) in [5.41, 5.74) is 0. The molecule has 154 valence electrons. The molecule has 0 aliphatic carbocycles. The predicted molar refractivity (Wildman–Crippen MR) is 110 cm³/mol. The van der Waals surface area contributed by atoms with Crippen LogP contribution in [0.3, 0.4) is 0 Å². The first-order valence-corrected chi connectivity index (χ1v) is 12.1. The molecule has 0 rings (SSSR count). The highest BCUT2D eigenvalue weighted by atomic mass is 32.2. The van der Waals surface area contributed by atoms with Gasteiger partial charge in [0.1, 0.15) is 0 Å². The van der Waals surface area contributed by atoms with Gasteiger partial charge in [0.05, 0.1) is 5.75 Å². The normalized spacial score (nSPS) is 11.4. The summed E-state index contributed by atoms with van der Waals surface area (Å²) in [6.45, 7) is 2.27. The van der Waals surface area contributed by atoms with Crippen molar-refractivity contribution in [3.05, 3.63) is 0 Å². The third-order valence-corrected chi connectivity index (χ3v) is 5.56. The Bertz CT molecular complexity index is 345. The van der Waals surface area contributed by atoms with E-state index in [0.29, 0.717) is 6.42 Å². The molecule has 0 atom stereocenters. The van der Waals surface area contributed by atoms with E-state index in [1.807, 2.05) is 0 Å². The van der Waals surface area contributed by atoms with E-state index in [2.05, 4.69) is 6.92 Å². The molecule has 0 amide bonds. The van der Waals surface area contributed by atoms with Crippen molar-refractivity contribution in [2.24, 2.45) is 0 Å². The minimum Gasteiger partial charge on any atom is -0.344 e. The lowest BCUT2D eigenvalue weighted by Gasteiger charge is -2.03. The molecule has 0 fully saturated rings. The molecular formula is C20H45NO3S. The van der Waals surface area contributed by atoms with Gasteiger partial charge in [-0.2, -0.15) is 8.42 Å². The minimum atomic E-state index is -3.75. The Morgan fingerprint density at radius 3 is 1.00 bits per heavy atom. The van der Waals surface area contributed by atoms with Gasteiger partial charge < -0.3 is 6.15 Å². The fourth-order valence-corrected chi connectivity index (χ4v) is 3.76.